The molecular formula is C36H20N2O7. The van der Waals surface area contributed by atoms with Gasteiger partial charge >= 0.3 is 11.9 Å². The van der Waals surface area contributed by atoms with Crippen molar-refractivity contribution in [1.82, 2.24) is 0 Å². The molecule has 0 radical (unpaired) electrons. The Morgan fingerprint density at radius 3 is 1.29 bits per heavy atom. The quantitative estimate of drug-likeness (QED) is 0.203. The number of terminal acetylenes is 4. The molecule has 9 nitrogen and oxygen atoms in total. The summed E-state index contributed by atoms with van der Waals surface area (Å²) in [5, 5.41) is 24.7. The Morgan fingerprint density at radius 1 is 0.511 bits per heavy atom. The van der Waals surface area contributed by atoms with Crippen LogP contribution in [-0.4, -0.2) is 34.0 Å². The second-order valence-electron chi connectivity index (χ2n) is 9.21. The van der Waals surface area contributed by atoms with Gasteiger partial charge in [0.25, 0.3) is 11.8 Å². The molecule has 4 aromatic carbocycles. The number of anilines is 2. The van der Waals surface area contributed by atoms with E-state index < -0.39 is 29.3 Å². The molecular weight excluding hydrogens is 572 g/mol. The molecule has 4 aromatic rings. The normalized spacial score (nSPS) is 9.78. The first-order chi connectivity index (χ1) is 21.5. The molecule has 216 valence electrons. The molecule has 0 aliphatic carbocycles. The molecule has 4 rings (SSSR count). The van der Waals surface area contributed by atoms with Crippen LogP contribution in [0, 0.1) is 49.4 Å². The Bertz CT molecular complexity index is 2020. The third-order valence-electron chi connectivity index (χ3n) is 6.22. The van der Waals surface area contributed by atoms with Gasteiger partial charge in [0, 0.05) is 33.6 Å². The fourth-order valence-electron chi connectivity index (χ4n) is 4.19. The predicted octanol–water partition coefficient (Wildman–Crippen LogP) is 5.31. The highest BCUT2D eigenvalue weighted by Crippen LogP contribution is 2.28. The SMILES string of the molecule is C#Cc1cc(C#C)cc(NC(=O)c2ccc(Oc3ccc(C(=O)O)c(C(=O)Nc4cc(C#C)cc(C#C)c4)c3)cc2C(=O)O)c1. The molecule has 0 spiro atoms. The molecule has 9 heteroatoms. The minimum Gasteiger partial charge on any atom is -0.478 e. The van der Waals surface area contributed by atoms with Gasteiger partial charge in [0.15, 0.2) is 0 Å². The second kappa shape index (κ2) is 13.2. The fraction of sp³-hybridized carbons (Fsp3) is 0. The minimum atomic E-state index is -1.42. The van der Waals surface area contributed by atoms with Crippen LogP contribution < -0.4 is 15.4 Å². The Morgan fingerprint density at radius 2 is 0.889 bits per heavy atom. The molecule has 0 bridgehead atoms. The van der Waals surface area contributed by atoms with Crippen LogP contribution in [0.4, 0.5) is 11.4 Å². The Kier molecular flexibility index (Phi) is 9.01. The number of hydrogen-bond acceptors (Lipinski definition) is 5. The van der Waals surface area contributed by atoms with E-state index in [0.29, 0.717) is 22.3 Å². The van der Waals surface area contributed by atoms with Crippen molar-refractivity contribution in [2.45, 2.75) is 0 Å². The summed E-state index contributed by atoms with van der Waals surface area (Å²) in [4.78, 5) is 50.1. The van der Waals surface area contributed by atoms with Crippen molar-refractivity contribution in [3.63, 3.8) is 0 Å². The zero-order chi connectivity index (χ0) is 32.7. The Hall–Kier alpha value is -7.20. The van der Waals surface area contributed by atoms with Gasteiger partial charge in [-0.15, -0.1) is 25.7 Å². The first-order valence-electron chi connectivity index (χ1n) is 12.8. The number of benzene rings is 4. The topological polar surface area (TPSA) is 142 Å². The van der Waals surface area contributed by atoms with E-state index in [1.807, 2.05) is 0 Å². The van der Waals surface area contributed by atoms with Gasteiger partial charge in [0.05, 0.1) is 22.3 Å². The average molecular weight is 593 g/mol. The Labute approximate surface area is 257 Å². The number of carboxylic acids is 2. The molecule has 0 saturated heterocycles. The highest BCUT2D eigenvalue weighted by Gasteiger charge is 2.21. The third-order valence-corrected chi connectivity index (χ3v) is 6.22. The first kappa shape index (κ1) is 30.8. The van der Waals surface area contributed by atoms with Gasteiger partial charge in [-0.2, -0.15) is 0 Å². The molecule has 2 amide bonds. The number of hydrogen-bond donors (Lipinski definition) is 4. The molecule has 0 aromatic heterocycles. The molecule has 0 saturated carbocycles. The zero-order valence-corrected chi connectivity index (χ0v) is 23.2. The number of amides is 2. The van der Waals surface area contributed by atoms with E-state index in [9.17, 15) is 29.4 Å². The number of aromatic carboxylic acids is 2. The number of carboxylic acid groups (broad SMARTS) is 2. The minimum absolute atomic E-state index is 0.00768. The van der Waals surface area contributed by atoms with Crippen LogP contribution >= 0.6 is 0 Å². The predicted molar refractivity (Wildman–Crippen MR) is 167 cm³/mol. The molecule has 0 fully saturated rings. The Balaban J connectivity index is 1.63. The van der Waals surface area contributed by atoms with Crippen molar-refractivity contribution in [2.75, 3.05) is 10.6 Å². The summed E-state index contributed by atoms with van der Waals surface area (Å²) in [5.74, 6) is 5.36. The molecule has 0 heterocycles. The molecule has 0 unspecified atom stereocenters. The maximum absolute atomic E-state index is 13.2. The summed E-state index contributed by atoms with van der Waals surface area (Å²) >= 11 is 0. The maximum atomic E-state index is 13.2. The number of nitrogens with one attached hydrogen (secondary N) is 2. The average Bonchev–Trinajstić information content (AvgIpc) is 3.03. The third kappa shape index (κ3) is 7.18. The lowest BCUT2D eigenvalue weighted by Crippen LogP contribution is -2.17. The fourth-order valence-corrected chi connectivity index (χ4v) is 4.19. The molecule has 0 aliphatic rings. The summed E-state index contributed by atoms with van der Waals surface area (Å²) in [5.41, 5.74) is 0.985. The van der Waals surface area contributed by atoms with Crippen LogP contribution in [0.2, 0.25) is 0 Å². The van der Waals surface area contributed by atoms with Crippen LogP contribution in [0.1, 0.15) is 63.7 Å². The van der Waals surface area contributed by atoms with Crippen molar-refractivity contribution < 1.29 is 34.1 Å². The first-order valence-corrected chi connectivity index (χ1v) is 12.8. The van der Waals surface area contributed by atoms with Crippen LogP contribution in [0.5, 0.6) is 11.5 Å². The van der Waals surface area contributed by atoms with Gasteiger partial charge < -0.3 is 25.6 Å². The van der Waals surface area contributed by atoms with Crippen molar-refractivity contribution >= 4 is 35.1 Å². The van der Waals surface area contributed by atoms with E-state index in [-0.39, 0.29) is 39.6 Å². The van der Waals surface area contributed by atoms with Gasteiger partial charge in [-0.25, -0.2) is 9.59 Å². The van der Waals surface area contributed by atoms with Gasteiger partial charge in [-0.1, -0.05) is 23.7 Å². The summed E-state index contributed by atoms with van der Waals surface area (Å²) in [6.45, 7) is 0. The van der Waals surface area contributed by atoms with E-state index in [1.165, 1.54) is 48.5 Å². The maximum Gasteiger partial charge on any atom is 0.336 e. The van der Waals surface area contributed by atoms with E-state index in [2.05, 4.69) is 34.3 Å². The van der Waals surface area contributed by atoms with Gasteiger partial charge in [0.1, 0.15) is 11.5 Å². The number of rotatable bonds is 8. The number of carbonyl (C=O) groups excluding carboxylic acids is 2. The van der Waals surface area contributed by atoms with Crippen LogP contribution in [-0.2, 0) is 0 Å². The van der Waals surface area contributed by atoms with Crippen LogP contribution in [0.15, 0.2) is 72.8 Å². The summed E-state index contributed by atoms with van der Waals surface area (Å²) in [7, 11) is 0. The summed E-state index contributed by atoms with van der Waals surface area (Å²) in [6, 6.07) is 16.4. The summed E-state index contributed by atoms with van der Waals surface area (Å²) < 4.78 is 5.77. The molecule has 0 atom stereocenters. The largest absolute Gasteiger partial charge is 0.478 e. The van der Waals surface area contributed by atoms with Gasteiger partial charge in [-0.05, 0) is 72.8 Å². The molecule has 0 aliphatic heterocycles. The van der Waals surface area contributed by atoms with Crippen LogP contribution in [0.3, 0.4) is 0 Å². The van der Waals surface area contributed by atoms with Gasteiger partial charge in [-0.3, -0.25) is 9.59 Å². The van der Waals surface area contributed by atoms with E-state index in [0.717, 1.165) is 12.1 Å². The summed E-state index contributed by atoms with van der Waals surface area (Å²) in [6.07, 6.45) is 21.8. The number of carbonyl (C=O) groups is 4. The monoisotopic (exact) mass is 592 g/mol. The highest BCUT2D eigenvalue weighted by molar-refractivity contribution is 6.12. The standard InChI is InChI=1S/C36H20N2O7/c1-5-21-13-22(6-2)16-25(15-21)37-33(39)29-11-9-28(20-32(29)36(43)44)45-27-10-12-30(35(41)42)31(19-27)34(40)38-26-17-23(7-3)14-24(8-4)18-26/h1-4,9-20H,(H,37,39)(H,38,40)(H,41,42)(H,43,44). The lowest BCUT2D eigenvalue weighted by molar-refractivity contribution is 0.0683. The smallest absolute Gasteiger partial charge is 0.336 e. The van der Waals surface area contributed by atoms with Crippen molar-refractivity contribution in [3.8, 4) is 60.9 Å². The molecule has 45 heavy (non-hydrogen) atoms. The van der Waals surface area contributed by atoms with Crippen LogP contribution in [0.25, 0.3) is 0 Å². The lowest BCUT2D eigenvalue weighted by atomic mass is 10.0. The molecule has 4 N–H and O–H groups in total. The van der Waals surface area contributed by atoms with E-state index >= 15 is 0 Å². The highest BCUT2D eigenvalue weighted by atomic mass is 16.5. The van der Waals surface area contributed by atoms with Crippen molar-refractivity contribution in [2.24, 2.45) is 0 Å². The van der Waals surface area contributed by atoms with Crippen molar-refractivity contribution in [3.05, 3.63) is 117 Å². The van der Waals surface area contributed by atoms with Crippen molar-refractivity contribution in [1.29, 1.82) is 0 Å². The number of ether oxygens (including phenoxy) is 1. The second-order valence-corrected chi connectivity index (χ2v) is 9.21. The zero-order valence-electron chi connectivity index (χ0n) is 23.2. The lowest BCUT2D eigenvalue weighted by Gasteiger charge is -2.13. The van der Waals surface area contributed by atoms with Gasteiger partial charge in [0.2, 0.25) is 0 Å². The van der Waals surface area contributed by atoms with E-state index in [4.69, 9.17) is 30.4 Å². The van der Waals surface area contributed by atoms with E-state index in [1.54, 1.807) is 12.1 Å².